The number of sulfone groups is 1. The summed E-state index contributed by atoms with van der Waals surface area (Å²) in [6.07, 6.45) is 0.924. The molecule has 1 aromatic rings. The van der Waals surface area contributed by atoms with Crippen LogP contribution in [-0.4, -0.2) is 20.0 Å². The van der Waals surface area contributed by atoms with Gasteiger partial charge in [-0.2, -0.15) is 0 Å². The van der Waals surface area contributed by atoms with Gasteiger partial charge in [-0.3, -0.25) is 0 Å². The Morgan fingerprint density at radius 1 is 1.17 bits per heavy atom. The third kappa shape index (κ3) is 4.71. The van der Waals surface area contributed by atoms with Crippen LogP contribution in [-0.2, 0) is 19.4 Å². The molecule has 0 radical (unpaired) electrons. The molecule has 0 amide bonds. The van der Waals surface area contributed by atoms with Crippen LogP contribution in [0.3, 0.4) is 0 Å². The normalized spacial score (nSPS) is 12.6. The zero-order valence-electron chi connectivity index (χ0n) is 10.6. The van der Waals surface area contributed by atoms with E-state index >= 15 is 0 Å². The minimum absolute atomic E-state index is 0.143. The second-order valence-corrected chi connectivity index (χ2v) is 6.53. The smallest absolute Gasteiger partial charge is 0.331 e. The van der Waals surface area contributed by atoms with Gasteiger partial charge in [0.2, 0.25) is 0 Å². The van der Waals surface area contributed by atoms with Crippen molar-refractivity contribution >= 4 is 15.8 Å². The number of hydrogen-bond acceptors (Lipinski definition) is 4. The lowest BCUT2D eigenvalue weighted by molar-refractivity contribution is -0.148. The summed E-state index contributed by atoms with van der Waals surface area (Å²) in [6, 6.07) is 7.89. The lowest BCUT2D eigenvalue weighted by atomic mass is 10.2. The van der Waals surface area contributed by atoms with E-state index in [1.165, 1.54) is 12.1 Å². The molecule has 0 spiro atoms. The van der Waals surface area contributed by atoms with E-state index in [4.69, 9.17) is 4.74 Å². The second-order valence-electron chi connectivity index (χ2n) is 4.69. The van der Waals surface area contributed by atoms with Crippen molar-refractivity contribution in [1.82, 2.24) is 0 Å². The first kappa shape index (κ1) is 14.4. The monoisotopic (exact) mass is 268 g/mol. The van der Waals surface area contributed by atoms with E-state index in [1.807, 2.05) is 0 Å². The van der Waals surface area contributed by atoms with Gasteiger partial charge in [0.25, 0.3) is 0 Å². The molecule has 0 aliphatic rings. The van der Waals surface area contributed by atoms with E-state index in [-0.39, 0.29) is 4.90 Å². The highest BCUT2D eigenvalue weighted by atomic mass is 32.2. The number of hydrogen-bond donors (Lipinski definition) is 0. The molecular formula is C13H16O4S. The van der Waals surface area contributed by atoms with Crippen LogP contribution in [0.15, 0.2) is 46.7 Å². The van der Waals surface area contributed by atoms with Crippen LogP contribution in [0, 0.1) is 0 Å². The van der Waals surface area contributed by atoms with Gasteiger partial charge in [-0.15, -0.1) is 0 Å². The number of ether oxygens (including phenoxy) is 1. The van der Waals surface area contributed by atoms with Gasteiger partial charge < -0.3 is 4.74 Å². The maximum atomic E-state index is 11.8. The Bertz CT molecular complexity index is 536. The molecule has 0 fully saturated rings. The van der Waals surface area contributed by atoms with Gasteiger partial charge in [-0.25, -0.2) is 13.2 Å². The van der Waals surface area contributed by atoms with Gasteiger partial charge >= 0.3 is 5.97 Å². The first-order chi connectivity index (χ1) is 8.21. The minimum Gasteiger partial charge on any atom is -0.457 e. The highest BCUT2D eigenvalue weighted by Gasteiger charge is 2.15. The largest absolute Gasteiger partial charge is 0.457 e. The second kappa shape index (κ2) is 5.35. The summed E-state index contributed by atoms with van der Waals surface area (Å²) < 4.78 is 28.6. The summed E-state index contributed by atoms with van der Waals surface area (Å²) in [6.45, 7) is 5.14. The van der Waals surface area contributed by atoms with Crippen molar-refractivity contribution in [3.05, 3.63) is 41.8 Å². The Labute approximate surface area is 107 Å². The van der Waals surface area contributed by atoms with Crippen LogP contribution in [0.2, 0.25) is 0 Å². The molecule has 4 nitrogen and oxygen atoms in total. The Balaban J connectivity index is 2.82. The van der Waals surface area contributed by atoms with Crippen LogP contribution in [0.4, 0.5) is 0 Å². The Kier molecular flexibility index (Phi) is 4.29. The van der Waals surface area contributed by atoms with Crippen molar-refractivity contribution in [2.24, 2.45) is 0 Å². The lowest BCUT2D eigenvalue weighted by Gasteiger charge is -2.17. The third-order valence-electron chi connectivity index (χ3n) is 1.86. The predicted molar refractivity (Wildman–Crippen MR) is 68.6 cm³/mol. The number of carbonyl (C=O) groups is 1. The van der Waals surface area contributed by atoms with Gasteiger partial charge in [0.1, 0.15) is 5.60 Å². The summed E-state index contributed by atoms with van der Waals surface area (Å²) in [5, 5.41) is 0.858. The number of esters is 1. The first-order valence-corrected chi connectivity index (χ1v) is 6.96. The standard InChI is InChI=1S/C13H16O4S/c1-13(2,3)17-12(14)9-10-18(15,16)11-7-5-4-6-8-11/h4-10H,1-3H3. The Morgan fingerprint density at radius 3 is 2.22 bits per heavy atom. The van der Waals surface area contributed by atoms with Gasteiger partial charge in [-0.05, 0) is 32.9 Å². The molecule has 98 valence electrons. The molecule has 5 heteroatoms. The van der Waals surface area contributed by atoms with E-state index in [2.05, 4.69) is 0 Å². The van der Waals surface area contributed by atoms with Crippen molar-refractivity contribution in [2.45, 2.75) is 31.3 Å². The maximum Gasteiger partial charge on any atom is 0.331 e. The van der Waals surface area contributed by atoms with E-state index in [0.29, 0.717) is 0 Å². The predicted octanol–water partition coefficient (Wildman–Crippen LogP) is 2.32. The summed E-state index contributed by atoms with van der Waals surface area (Å²) in [4.78, 5) is 11.5. The van der Waals surface area contributed by atoms with Crippen molar-refractivity contribution in [1.29, 1.82) is 0 Å². The zero-order chi connectivity index (χ0) is 13.8. The van der Waals surface area contributed by atoms with Gasteiger partial charge in [0.05, 0.1) is 4.90 Å². The average molecular weight is 268 g/mol. The maximum absolute atomic E-state index is 11.8. The summed E-state index contributed by atoms with van der Waals surface area (Å²) in [7, 11) is -3.59. The first-order valence-electron chi connectivity index (χ1n) is 5.42. The molecule has 0 aromatic heterocycles. The van der Waals surface area contributed by atoms with Crippen molar-refractivity contribution < 1.29 is 17.9 Å². The summed E-state index contributed by atoms with van der Waals surface area (Å²) >= 11 is 0. The molecule has 18 heavy (non-hydrogen) atoms. The van der Waals surface area contributed by atoms with Crippen LogP contribution >= 0.6 is 0 Å². The molecule has 0 N–H and O–H groups in total. The van der Waals surface area contributed by atoms with Crippen LogP contribution in [0.25, 0.3) is 0 Å². The Morgan fingerprint density at radius 2 is 1.72 bits per heavy atom. The SMILES string of the molecule is CC(C)(C)OC(=O)C=CS(=O)(=O)c1ccccc1. The number of carbonyl (C=O) groups excluding carboxylic acids is 1. The van der Waals surface area contributed by atoms with Gasteiger partial charge in [-0.1, -0.05) is 18.2 Å². The van der Waals surface area contributed by atoms with Crippen molar-refractivity contribution in [2.75, 3.05) is 0 Å². The van der Waals surface area contributed by atoms with Crippen molar-refractivity contribution in [3.8, 4) is 0 Å². The molecule has 0 heterocycles. The molecule has 0 aliphatic carbocycles. The quantitative estimate of drug-likeness (QED) is 0.623. The fourth-order valence-corrected chi connectivity index (χ4v) is 2.15. The molecule has 0 aliphatic heterocycles. The minimum atomic E-state index is -3.59. The molecule has 0 unspecified atom stereocenters. The van der Waals surface area contributed by atoms with Gasteiger partial charge in [0.15, 0.2) is 9.84 Å². The molecule has 1 rings (SSSR count). The van der Waals surface area contributed by atoms with E-state index in [0.717, 1.165) is 11.5 Å². The van der Waals surface area contributed by atoms with E-state index < -0.39 is 21.4 Å². The zero-order valence-corrected chi connectivity index (χ0v) is 11.4. The highest BCUT2D eigenvalue weighted by molar-refractivity contribution is 7.94. The van der Waals surface area contributed by atoms with Gasteiger partial charge in [0, 0.05) is 11.5 Å². The van der Waals surface area contributed by atoms with E-state index in [9.17, 15) is 13.2 Å². The lowest BCUT2D eigenvalue weighted by Crippen LogP contribution is -2.22. The summed E-state index contributed by atoms with van der Waals surface area (Å²) in [5.74, 6) is -0.679. The van der Waals surface area contributed by atoms with Crippen LogP contribution in [0.5, 0.6) is 0 Å². The number of rotatable bonds is 3. The molecular weight excluding hydrogens is 252 g/mol. The van der Waals surface area contributed by atoms with Crippen molar-refractivity contribution in [3.63, 3.8) is 0 Å². The molecule has 1 aromatic carbocycles. The Hall–Kier alpha value is -1.62. The topological polar surface area (TPSA) is 60.4 Å². The van der Waals surface area contributed by atoms with E-state index in [1.54, 1.807) is 39.0 Å². The molecule has 0 atom stereocenters. The summed E-state index contributed by atoms with van der Waals surface area (Å²) in [5.41, 5.74) is -0.641. The average Bonchev–Trinajstić information content (AvgIpc) is 2.26. The molecule has 0 saturated heterocycles. The molecule has 0 saturated carbocycles. The fourth-order valence-electron chi connectivity index (χ4n) is 1.17. The highest BCUT2D eigenvalue weighted by Crippen LogP contribution is 2.12. The fraction of sp³-hybridized carbons (Fsp3) is 0.308. The third-order valence-corrected chi connectivity index (χ3v) is 3.29. The number of benzene rings is 1. The van der Waals surface area contributed by atoms with Crippen LogP contribution in [0.1, 0.15) is 20.8 Å². The molecule has 0 bridgehead atoms. The van der Waals surface area contributed by atoms with Crippen LogP contribution < -0.4 is 0 Å².